The molecule has 84 valence electrons. The number of anilines is 3. The van der Waals surface area contributed by atoms with Crippen LogP contribution in [0.1, 0.15) is 0 Å². The van der Waals surface area contributed by atoms with Gasteiger partial charge in [0, 0.05) is 19.7 Å². The fraction of sp³-hybridized carbons (Fsp3) is 0.500. The first-order valence-corrected chi connectivity index (χ1v) is 4.50. The zero-order chi connectivity index (χ0) is 11.3. The third kappa shape index (κ3) is 3.56. The Morgan fingerprint density at radius 1 is 1.47 bits per heavy atom. The van der Waals surface area contributed by atoms with Gasteiger partial charge in [0.1, 0.15) is 11.6 Å². The molecule has 0 spiro atoms. The lowest BCUT2D eigenvalue weighted by Crippen LogP contribution is -2.23. The second kappa shape index (κ2) is 5.32. The van der Waals surface area contributed by atoms with Gasteiger partial charge in [-0.2, -0.15) is 9.97 Å². The zero-order valence-corrected chi connectivity index (χ0v) is 8.44. The van der Waals surface area contributed by atoms with E-state index in [-0.39, 0.29) is 19.1 Å². The lowest BCUT2D eigenvalue weighted by atomic mass is 10.4. The number of nitrogens with zero attached hydrogens (tertiary/aromatic N) is 2. The largest absolute Gasteiger partial charge is 0.394 e. The van der Waals surface area contributed by atoms with Crippen molar-refractivity contribution in [2.45, 2.75) is 6.10 Å². The zero-order valence-electron chi connectivity index (χ0n) is 8.44. The van der Waals surface area contributed by atoms with Crippen molar-refractivity contribution in [3.8, 4) is 0 Å². The summed E-state index contributed by atoms with van der Waals surface area (Å²) in [6, 6.07) is 1.65. The molecule has 0 fully saturated rings. The number of nitrogen functional groups attached to an aromatic ring is 1. The van der Waals surface area contributed by atoms with E-state index in [1.54, 1.807) is 13.1 Å². The van der Waals surface area contributed by atoms with Crippen LogP contribution in [0.3, 0.4) is 0 Å². The minimum absolute atomic E-state index is 0.142. The molecule has 0 saturated heterocycles. The highest BCUT2D eigenvalue weighted by atomic mass is 16.3. The van der Waals surface area contributed by atoms with Gasteiger partial charge in [0.25, 0.3) is 0 Å². The summed E-state index contributed by atoms with van der Waals surface area (Å²) in [5.74, 6) is 1.23. The second-order valence-electron chi connectivity index (χ2n) is 2.96. The molecule has 1 aromatic heterocycles. The Hall–Kier alpha value is -1.60. The maximum absolute atomic E-state index is 9.11. The normalized spacial score (nSPS) is 12.2. The maximum Gasteiger partial charge on any atom is 0.223 e. The standard InChI is InChI=1S/C8H15N5O2/c1-10-6-2-7(13-8(9)12-6)11-3-5(15)4-14/h2,5,14-15H,3-4H2,1H3,(H4,9,10,11,12,13). The molecular formula is C8H15N5O2. The number of nitrogens with two attached hydrogens (primary N) is 1. The van der Waals surface area contributed by atoms with Crippen molar-refractivity contribution in [2.75, 3.05) is 36.6 Å². The average molecular weight is 213 g/mol. The molecule has 1 aromatic rings. The van der Waals surface area contributed by atoms with Crippen molar-refractivity contribution in [1.82, 2.24) is 9.97 Å². The number of nitrogens with one attached hydrogen (secondary N) is 2. The molecule has 0 aromatic carbocycles. The topological polar surface area (TPSA) is 116 Å². The highest BCUT2D eigenvalue weighted by molar-refractivity contribution is 5.50. The molecule has 0 aliphatic rings. The van der Waals surface area contributed by atoms with Gasteiger partial charge in [-0.1, -0.05) is 0 Å². The molecule has 7 nitrogen and oxygen atoms in total. The highest BCUT2D eigenvalue weighted by Crippen LogP contribution is 2.11. The minimum Gasteiger partial charge on any atom is -0.394 e. The number of aliphatic hydroxyl groups is 2. The Labute approximate surface area is 87.4 Å². The van der Waals surface area contributed by atoms with Gasteiger partial charge in [0.2, 0.25) is 5.95 Å². The summed E-state index contributed by atoms with van der Waals surface area (Å²) in [6.45, 7) is -0.0947. The minimum atomic E-state index is -0.820. The first-order chi connectivity index (χ1) is 7.15. The monoisotopic (exact) mass is 213 g/mol. The SMILES string of the molecule is CNc1cc(NCC(O)CO)nc(N)n1. The molecular weight excluding hydrogens is 198 g/mol. The lowest BCUT2D eigenvalue weighted by Gasteiger charge is -2.10. The van der Waals surface area contributed by atoms with E-state index in [0.29, 0.717) is 11.6 Å². The molecule has 0 aliphatic heterocycles. The summed E-state index contributed by atoms with van der Waals surface area (Å²) in [7, 11) is 1.72. The van der Waals surface area contributed by atoms with E-state index in [4.69, 9.17) is 15.9 Å². The van der Waals surface area contributed by atoms with Crippen LogP contribution in [0.15, 0.2) is 6.07 Å². The van der Waals surface area contributed by atoms with Crippen LogP contribution in [0.5, 0.6) is 0 Å². The van der Waals surface area contributed by atoms with Crippen molar-refractivity contribution in [3.05, 3.63) is 6.07 Å². The van der Waals surface area contributed by atoms with E-state index < -0.39 is 6.10 Å². The predicted octanol–water partition coefficient (Wildman–Crippen LogP) is -1.13. The Bertz CT molecular complexity index is 320. The van der Waals surface area contributed by atoms with Gasteiger partial charge in [0.15, 0.2) is 0 Å². The number of aliphatic hydroxyl groups excluding tert-OH is 2. The van der Waals surface area contributed by atoms with Crippen LogP contribution < -0.4 is 16.4 Å². The molecule has 1 heterocycles. The summed E-state index contributed by atoms with van der Waals surface area (Å²) >= 11 is 0. The van der Waals surface area contributed by atoms with Crippen molar-refractivity contribution >= 4 is 17.6 Å². The van der Waals surface area contributed by atoms with Crippen LogP contribution in [0, 0.1) is 0 Å². The fourth-order valence-electron chi connectivity index (χ4n) is 0.971. The summed E-state index contributed by atoms with van der Waals surface area (Å²) in [6.07, 6.45) is -0.820. The molecule has 0 aliphatic carbocycles. The third-order valence-corrected chi connectivity index (χ3v) is 1.73. The van der Waals surface area contributed by atoms with Crippen molar-refractivity contribution in [3.63, 3.8) is 0 Å². The number of hydrogen-bond donors (Lipinski definition) is 5. The van der Waals surface area contributed by atoms with Crippen molar-refractivity contribution in [2.24, 2.45) is 0 Å². The van der Waals surface area contributed by atoms with Crippen LogP contribution in [0.2, 0.25) is 0 Å². The Balaban J connectivity index is 2.64. The smallest absolute Gasteiger partial charge is 0.223 e. The summed E-state index contributed by atoms with van der Waals surface area (Å²) in [5, 5.41) is 23.4. The molecule has 1 unspecified atom stereocenters. The molecule has 0 saturated carbocycles. The summed E-state index contributed by atoms with van der Waals surface area (Å²) < 4.78 is 0. The Kier molecular flexibility index (Phi) is 4.07. The lowest BCUT2D eigenvalue weighted by molar-refractivity contribution is 0.105. The summed E-state index contributed by atoms with van der Waals surface area (Å²) in [5.41, 5.74) is 5.46. The fourth-order valence-corrected chi connectivity index (χ4v) is 0.971. The number of hydrogen-bond acceptors (Lipinski definition) is 7. The van der Waals surface area contributed by atoms with Gasteiger partial charge in [0.05, 0.1) is 12.7 Å². The van der Waals surface area contributed by atoms with Crippen molar-refractivity contribution in [1.29, 1.82) is 0 Å². The number of rotatable bonds is 5. The van der Waals surface area contributed by atoms with Crippen LogP contribution in [-0.2, 0) is 0 Å². The van der Waals surface area contributed by atoms with Crippen LogP contribution in [0.25, 0.3) is 0 Å². The van der Waals surface area contributed by atoms with Gasteiger partial charge in [-0.3, -0.25) is 0 Å². The van der Waals surface area contributed by atoms with E-state index >= 15 is 0 Å². The van der Waals surface area contributed by atoms with E-state index in [1.807, 2.05) is 0 Å². The molecule has 1 rings (SSSR count). The third-order valence-electron chi connectivity index (χ3n) is 1.73. The van der Waals surface area contributed by atoms with E-state index in [9.17, 15) is 0 Å². The first kappa shape index (κ1) is 11.5. The Morgan fingerprint density at radius 3 is 2.73 bits per heavy atom. The molecule has 15 heavy (non-hydrogen) atoms. The van der Waals surface area contributed by atoms with Gasteiger partial charge in [-0.25, -0.2) is 0 Å². The van der Waals surface area contributed by atoms with Crippen LogP contribution in [0.4, 0.5) is 17.6 Å². The predicted molar refractivity (Wildman–Crippen MR) is 57.6 cm³/mol. The second-order valence-corrected chi connectivity index (χ2v) is 2.96. The highest BCUT2D eigenvalue weighted by Gasteiger charge is 2.04. The Morgan fingerprint density at radius 2 is 2.13 bits per heavy atom. The quantitative estimate of drug-likeness (QED) is 0.420. The van der Waals surface area contributed by atoms with E-state index in [2.05, 4.69) is 20.6 Å². The van der Waals surface area contributed by atoms with Crippen LogP contribution in [-0.4, -0.2) is 46.5 Å². The molecule has 0 bridgehead atoms. The van der Waals surface area contributed by atoms with Gasteiger partial charge >= 0.3 is 0 Å². The van der Waals surface area contributed by atoms with Gasteiger partial charge in [-0.05, 0) is 0 Å². The molecule has 1 atom stereocenters. The van der Waals surface area contributed by atoms with E-state index in [0.717, 1.165) is 0 Å². The van der Waals surface area contributed by atoms with Crippen molar-refractivity contribution < 1.29 is 10.2 Å². The average Bonchev–Trinajstić information content (AvgIpc) is 2.25. The first-order valence-electron chi connectivity index (χ1n) is 4.50. The molecule has 6 N–H and O–H groups in total. The molecule has 0 amide bonds. The molecule has 7 heteroatoms. The van der Waals surface area contributed by atoms with Crippen LogP contribution >= 0.6 is 0 Å². The van der Waals surface area contributed by atoms with Gasteiger partial charge < -0.3 is 26.6 Å². The van der Waals surface area contributed by atoms with E-state index in [1.165, 1.54) is 0 Å². The number of aromatic nitrogens is 2. The maximum atomic E-state index is 9.11. The molecule has 0 radical (unpaired) electrons. The summed E-state index contributed by atoms with van der Waals surface area (Å²) in [4.78, 5) is 7.81. The van der Waals surface area contributed by atoms with Gasteiger partial charge in [-0.15, -0.1) is 0 Å².